The van der Waals surface area contributed by atoms with Crippen molar-refractivity contribution in [1.82, 2.24) is 9.88 Å². The monoisotopic (exact) mass is 502 g/mol. The van der Waals surface area contributed by atoms with Gasteiger partial charge in [-0.1, -0.05) is 51.5 Å². The molecule has 3 heterocycles. The van der Waals surface area contributed by atoms with Gasteiger partial charge in [-0.25, -0.2) is 4.98 Å². The molecule has 1 aliphatic rings. The molecule has 5 rings (SSSR count). The van der Waals surface area contributed by atoms with Gasteiger partial charge in [0.15, 0.2) is 0 Å². The molecule has 1 saturated heterocycles. The molecule has 1 N–H and O–H groups in total. The van der Waals surface area contributed by atoms with Crippen molar-refractivity contribution in [2.45, 2.75) is 65.3 Å². The van der Waals surface area contributed by atoms with Gasteiger partial charge in [-0.2, -0.15) is 0 Å². The summed E-state index contributed by atoms with van der Waals surface area (Å²) in [6.45, 7) is 10.2. The summed E-state index contributed by atoms with van der Waals surface area (Å²) in [5, 5.41) is 14.7. The van der Waals surface area contributed by atoms with E-state index in [9.17, 15) is 9.90 Å². The van der Waals surface area contributed by atoms with Crippen molar-refractivity contribution in [3.05, 3.63) is 80.1 Å². The Bertz CT molecular complexity index is 1430. The molecule has 188 valence electrons. The number of likely N-dealkylation sites (tertiary alicyclic amines) is 1. The third-order valence-electron chi connectivity index (χ3n) is 7.33. The Balaban J connectivity index is 1.76. The minimum Gasteiger partial charge on any atom is -0.507 e. The lowest BCUT2D eigenvalue weighted by Crippen LogP contribution is -2.34. The maximum absolute atomic E-state index is 13.7. The molecule has 1 fully saturated rings. The Labute approximate surface area is 216 Å². The minimum atomic E-state index is -0.198. The molecular weight excluding hydrogens is 468 g/mol. The first-order chi connectivity index (χ1) is 17.4. The topological polar surface area (TPSA) is 66.6 Å². The summed E-state index contributed by atoms with van der Waals surface area (Å²) in [5.74, 6) is 0.672. The van der Waals surface area contributed by atoms with Gasteiger partial charge in [0.1, 0.15) is 22.6 Å². The first kappa shape index (κ1) is 24.7. The van der Waals surface area contributed by atoms with E-state index in [1.54, 1.807) is 6.07 Å². The number of rotatable bonds is 6. The molecule has 1 atom stereocenters. The van der Waals surface area contributed by atoms with Gasteiger partial charge in [0.25, 0.3) is 0 Å². The van der Waals surface area contributed by atoms with E-state index in [-0.39, 0.29) is 17.2 Å². The van der Waals surface area contributed by atoms with Gasteiger partial charge in [-0.3, -0.25) is 9.69 Å². The normalized spacial score (nSPS) is 15.6. The Morgan fingerprint density at radius 1 is 1.11 bits per heavy atom. The van der Waals surface area contributed by atoms with Crippen LogP contribution in [0.4, 0.5) is 0 Å². The first-order valence-electron chi connectivity index (χ1n) is 13.0. The van der Waals surface area contributed by atoms with Crippen LogP contribution in [0.15, 0.2) is 51.2 Å². The van der Waals surface area contributed by atoms with E-state index >= 15 is 0 Å². The zero-order valence-electron chi connectivity index (χ0n) is 21.5. The van der Waals surface area contributed by atoms with Gasteiger partial charge in [0.05, 0.1) is 22.6 Å². The number of hydrogen-bond donors (Lipinski definition) is 1. The molecule has 2 aromatic carbocycles. The highest BCUT2D eigenvalue weighted by Crippen LogP contribution is 2.42. The van der Waals surface area contributed by atoms with Crippen LogP contribution in [-0.4, -0.2) is 28.1 Å². The van der Waals surface area contributed by atoms with E-state index in [1.165, 1.54) is 29.6 Å². The molecule has 5 nitrogen and oxygen atoms in total. The third kappa shape index (κ3) is 4.48. The van der Waals surface area contributed by atoms with Crippen molar-refractivity contribution in [2.75, 3.05) is 13.1 Å². The fourth-order valence-electron chi connectivity index (χ4n) is 5.29. The van der Waals surface area contributed by atoms with Crippen molar-refractivity contribution in [1.29, 1.82) is 0 Å². The van der Waals surface area contributed by atoms with Crippen LogP contribution in [0, 0.1) is 6.92 Å². The average Bonchev–Trinajstić information content (AvgIpc) is 3.32. The summed E-state index contributed by atoms with van der Waals surface area (Å²) < 4.78 is 6.23. The van der Waals surface area contributed by atoms with Crippen molar-refractivity contribution >= 4 is 22.3 Å². The van der Waals surface area contributed by atoms with Crippen molar-refractivity contribution < 1.29 is 9.52 Å². The highest BCUT2D eigenvalue weighted by molar-refractivity contribution is 7.13. The SMILES string of the molecule is CCc1cc2c(=O)c(-c3nc(C)cs3)coc2c(C(c2ccc(C(C)C)cc2)N2CCCCC2)c1O. The van der Waals surface area contributed by atoms with Crippen molar-refractivity contribution in [3.8, 4) is 16.3 Å². The lowest BCUT2D eigenvalue weighted by molar-refractivity contribution is 0.185. The number of aryl methyl sites for hydroxylation is 2. The number of fused-ring (bicyclic) bond motifs is 1. The second kappa shape index (κ2) is 10.2. The summed E-state index contributed by atoms with van der Waals surface area (Å²) in [5.41, 5.74) is 5.56. The molecule has 2 aromatic heterocycles. The van der Waals surface area contributed by atoms with E-state index < -0.39 is 0 Å². The summed E-state index contributed by atoms with van der Waals surface area (Å²) in [6, 6.07) is 10.3. The number of thiazole rings is 1. The number of hydrogen-bond acceptors (Lipinski definition) is 6. The zero-order chi connectivity index (χ0) is 25.4. The first-order valence-corrected chi connectivity index (χ1v) is 13.8. The van der Waals surface area contributed by atoms with E-state index in [0.29, 0.717) is 39.4 Å². The smallest absolute Gasteiger partial charge is 0.202 e. The largest absolute Gasteiger partial charge is 0.507 e. The summed E-state index contributed by atoms with van der Waals surface area (Å²) in [4.78, 5) is 20.7. The number of aromatic hydroxyl groups is 1. The number of phenolic OH excluding ortho intramolecular Hbond substituents is 1. The van der Waals surface area contributed by atoms with Crippen LogP contribution in [0.3, 0.4) is 0 Å². The highest BCUT2D eigenvalue weighted by Gasteiger charge is 2.31. The molecule has 0 radical (unpaired) electrons. The fraction of sp³-hybridized carbons (Fsp3) is 0.400. The van der Waals surface area contributed by atoms with Crippen LogP contribution in [0.1, 0.15) is 79.9 Å². The van der Waals surface area contributed by atoms with Crippen LogP contribution in [-0.2, 0) is 6.42 Å². The van der Waals surface area contributed by atoms with Gasteiger partial charge in [-0.15, -0.1) is 11.3 Å². The molecule has 0 saturated carbocycles. The molecule has 6 heteroatoms. The van der Waals surface area contributed by atoms with Gasteiger partial charge >= 0.3 is 0 Å². The lowest BCUT2D eigenvalue weighted by Gasteiger charge is -2.36. The van der Waals surface area contributed by atoms with Crippen LogP contribution < -0.4 is 5.43 Å². The predicted molar refractivity (Wildman–Crippen MR) is 147 cm³/mol. The Morgan fingerprint density at radius 3 is 2.42 bits per heavy atom. The third-order valence-corrected chi connectivity index (χ3v) is 8.32. The molecule has 4 aromatic rings. The Hall–Kier alpha value is -2.96. The molecule has 0 bridgehead atoms. The average molecular weight is 503 g/mol. The van der Waals surface area contributed by atoms with Crippen LogP contribution >= 0.6 is 11.3 Å². The van der Waals surface area contributed by atoms with Crippen LogP contribution in [0.5, 0.6) is 5.75 Å². The lowest BCUT2D eigenvalue weighted by atomic mass is 9.89. The van der Waals surface area contributed by atoms with Crippen molar-refractivity contribution in [3.63, 3.8) is 0 Å². The summed E-state index contributed by atoms with van der Waals surface area (Å²) >= 11 is 1.44. The van der Waals surface area contributed by atoms with Gasteiger partial charge in [-0.05, 0) is 68.0 Å². The second-order valence-electron chi connectivity index (χ2n) is 10.1. The number of phenols is 1. The Kier molecular flexibility index (Phi) is 7.00. The molecule has 0 spiro atoms. The maximum Gasteiger partial charge on any atom is 0.202 e. The molecule has 1 aliphatic heterocycles. The summed E-state index contributed by atoms with van der Waals surface area (Å²) in [7, 11) is 0. The quantitative estimate of drug-likeness (QED) is 0.302. The standard InChI is InChI=1S/C30H34N2O3S/c1-5-20-15-23-28(34)24(30-31-19(4)17-36-30)16-35-29(23)25(27(20)33)26(32-13-7-6-8-14-32)22-11-9-21(10-12-22)18(2)3/h9-12,15-18,26,33H,5-8,13-14H2,1-4H3. The fourth-order valence-corrected chi connectivity index (χ4v) is 6.09. The number of aromatic nitrogens is 1. The molecule has 0 amide bonds. The number of piperidine rings is 1. The Morgan fingerprint density at radius 2 is 1.81 bits per heavy atom. The van der Waals surface area contributed by atoms with E-state index in [4.69, 9.17) is 4.42 Å². The zero-order valence-corrected chi connectivity index (χ0v) is 22.3. The molecule has 1 unspecified atom stereocenters. The highest BCUT2D eigenvalue weighted by atomic mass is 32.1. The number of nitrogens with zero attached hydrogens (tertiary/aromatic N) is 2. The molecule has 36 heavy (non-hydrogen) atoms. The van der Waals surface area contributed by atoms with E-state index in [2.05, 4.69) is 48.0 Å². The molecule has 0 aliphatic carbocycles. The summed E-state index contributed by atoms with van der Waals surface area (Å²) in [6.07, 6.45) is 5.58. The van der Waals surface area contributed by atoms with Gasteiger partial charge < -0.3 is 9.52 Å². The second-order valence-corrected chi connectivity index (χ2v) is 11.0. The molecular formula is C30H34N2O3S. The van der Waals surface area contributed by atoms with Gasteiger partial charge in [0.2, 0.25) is 5.43 Å². The number of benzene rings is 2. The van der Waals surface area contributed by atoms with Crippen LogP contribution in [0.2, 0.25) is 0 Å². The predicted octanol–water partition coefficient (Wildman–Crippen LogP) is 7.19. The van der Waals surface area contributed by atoms with Crippen molar-refractivity contribution in [2.24, 2.45) is 0 Å². The van der Waals surface area contributed by atoms with Gasteiger partial charge in [0, 0.05) is 11.1 Å². The van der Waals surface area contributed by atoms with E-state index in [1.807, 2.05) is 19.2 Å². The maximum atomic E-state index is 13.7. The minimum absolute atomic E-state index is 0.103. The van der Waals surface area contributed by atoms with E-state index in [0.717, 1.165) is 42.8 Å². The van der Waals surface area contributed by atoms with Crippen LogP contribution in [0.25, 0.3) is 21.5 Å².